The van der Waals surface area contributed by atoms with Gasteiger partial charge in [-0.1, -0.05) is 0 Å². The molecule has 23 heavy (non-hydrogen) atoms. The Hall–Kier alpha value is -1.70. The number of nitrogens with two attached hydrogens (primary N) is 1. The van der Waals surface area contributed by atoms with E-state index in [9.17, 15) is 5.11 Å². The zero-order valence-electron chi connectivity index (χ0n) is 13.1. The minimum absolute atomic E-state index is 0.0774. The first-order valence-electron chi connectivity index (χ1n) is 8.02. The molecule has 7 heteroatoms. The van der Waals surface area contributed by atoms with Gasteiger partial charge >= 0.3 is 0 Å². The van der Waals surface area contributed by atoms with Crippen LogP contribution in [0, 0.1) is 11.8 Å². The lowest BCUT2D eigenvalue weighted by atomic mass is 10.0. The smallest absolute Gasteiger partial charge is 0.163 e. The maximum absolute atomic E-state index is 9.86. The van der Waals surface area contributed by atoms with Gasteiger partial charge in [0.25, 0.3) is 0 Å². The highest BCUT2D eigenvalue weighted by atomic mass is 16.8. The number of nitrogens with zero attached hydrogens (tertiary/aromatic N) is 3. The molecule has 2 aromatic heterocycles. The highest BCUT2D eigenvalue weighted by molar-refractivity contribution is 5.86. The van der Waals surface area contributed by atoms with Gasteiger partial charge in [0.1, 0.15) is 23.9 Å². The number of ether oxygens (including phenoxy) is 2. The normalized spacial score (nSPS) is 40.3. The Kier molecular flexibility index (Phi) is 2.40. The molecule has 2 aromatic rings. The predicted octanol–water partition coefficient (Wildman–Crippen LogP) is 0.871. The Balaban J connectivity index is 1.66. The monoisotopic (exact) mass is 316 g/mol. The number of nitrogen functional groups attached to an aromatic ring is 1. The van der Waals surface area contributed by atoms with Crippen LogP contribution in [0.3, 0.4) is 0 Å². The van der Waals surface area contributed by atoms with E-state index in [2.05, 4.69) is 14.5 Å². The van der Waals surface area contributed by atoms with Crippen LogP contribution >= 0.6 is 0 Å². The number of rotatable bonds is 2. The van der Waals surface area contributed by atoms with Gasteiger partial charge in [-0.2, -0.15) is 0 Å². The third-order valence-electron chi connectivity index (χ3n) is 5.76. The van der Waals surface area contributed by atoms with Crippen LogP contribution in [-0.4, -0.2) is 44.2 Å². The summed E-state index contributed by atoms with van der Waals surface area (Å²) in [5.41, 5.74) is 6.59. The molecule has 5 atom stereocenters. The number of aromatic nitrogens is 3. The number of anilines is 1. The van der Waals surface area contributed by atoms with Crippen molar-refractivity contribution in [1.29, 1.82) is 0 Å². The van der Waals surface area contributed by atoms with Crippen molar-refractivity contribution in [2.75, 3.05) is 12.3 Å². The minimum atomic E-state index is -0.625. The Morgan fingerprint density at radius 1 is 1.39 bits per heavy atom. The lowest BCUT2D eigenvalue weighted by Gasteiger charge is -2.25. The fourth-order valence-electron chi connectivity index (χ4n) is 4.81. The largest absolute Gasteiger partial charge is 0.396 e. The SMILES string of the molecule is CC1(C)O[C@@H]2[C@@H](CO)[C@@H]3CC3(n3ccc4c(N)ncnc43)[C@@H]2O1. The van der Waals surface area contributed by atoms with E-state index in [1.165, 1.54) is 6.33 Å². The lowest BCUT2D eigenvalue weighted by molar-refractivity contribution is -0.162. The van der Waals surface area contributed by atoms with Crippen LogP contribution in [0.5, 0.6) is 0 Å². The summed E-state index contributed by atoms with van der Waals surface area (Å²) in [6.07, 6.45) is 4.32. The molecule has 0 radical (unpaired) electrons. The van der Waals surface area contributed by atoms with Crippen molar-refractivity contribution in [3.05, 3.63) is 18.6 Å². The topological polar surface area (TPSA) is 95.4 Å². The third kappa shape index (κ3) is 1.55. The van der Waals surface area contributed by atoms with Gasteiger partial charge < -0.3 is 24.9 Å². The van der Waals surface area contributed by atoms with Gasteiger partial charge in [0, 0.05) is 18.7 Å². The molecule has 5 rings (SSSR count). The second kappa shape index (κ2) is 4.03. The van der Waals surface area contributed by atoms with Gasteiger partial charge in [-0.05, 0) is 32.3 Å². The summed E-state index contributed by atoms with van der Waals surface area (Å²) in [7, 11) is 0. The van der Waals surface area contributed by atoms with Crippen LogP contribution in [0.15, 0.2) is 18.6 Å². The standard InChI is InChI=1S/C16H20N4O3/c1-15(2)22-11-9(6-21)10-5-16(10,12(11)23-15)20-4-3-8-13(17)18-7-19-14(8)20/h3-4,7,9-12,21H,5-6H2,1-2H3,(H2,17,18,19)/t9-,10-,11+,12+,16?/m0/s1. The van der Waals surface area contributed by atoms with E-state index in [-0.39, 0.29) is 30.3 Å². The van der Waals surface area contributed by atoms with Crippen LogP contribution in [0.1, 0.15) is 20.3 Å². The average molecular weight is 316 g/mol. The molecule has 122 valence electrons. The Morgan fingerprint density at radius 3 is 3.00 bits per heavy atom. The van der Waals surface area contributed by atoms with Crippen molar-refractivity contribution in [3.63, 3.8) is 0 Å². The zero-order chi connectivity index (χ0) is 16.0. The highest BCUT2D eigenvalue weighted by Gasteiger charge is 2.76. The van der Waals surface area contributed by atoms with Crippen molar-refractivity contribution in [2.45, 2.75) is 43.8 Å². The Bertz CT molecular complexity index is 804. The van der Waals surface area contributed by atoms with E-state index in [0.29, 0.717) is 11.7 Å². The molecular weight excluding hydrogens is 296 g/mol. The fourth-order valence-corrected chi connectivity index (χ4v) is 4.81. The summed E-state index contributed by atoms with van der Waals surface area (Å²) in [4.78, 5) is 8.49. The summed E-state index contributed by atoms with van der Waals surface area (Å²) in [6.45, 7) is 3.97. The molecule has 0 amide bonds. The summed E-state index contributed by atoms with van der Waals surface area (Å²) < 4.78 is 14.5. The molecule has 3 fully saturated rings. The van der Waals surface area contributed by atoms with Crippen molar-refractivity contribution in [1.82, 2.24) is 14.5 Å². The van der Waals surface area contributed by atoms with Crippen molar-refractivity contribution >= 4 is 16.9 Å². The molecule has 0 spiro atoms. The number of hydrogen-bond donors (Lipinski definition) is 2. The molecule has 7 nitrogen and oxygen atoms in total. The predicted molar refractivity (Wildman–Crippen MR) is 82.4 cm³/mol. The summed E-state index contributed by atoms with van der Waals surface area (Å²) in [5, 5.41) is 10.7. The second-order valence-corrected chi connectivity index (χ2v) is 7.35. The summed E-state index contributed by atoms with van der Waals surface area (Å²) in [6, 6.07) is 1.96. The number of aliphatic hydroxyl groups is 1. The van der Waals surface area contributed by atoms with Crippen LogP contribution in [0.4, 0.5) is 5.82 Å². The lowest BCUT2D eigenvalue weighted by Crippen LogP contribution is -2.37. The first-order chi connectivity index (χ1) is 11.0. The zero-order valence-corrected chi connectivity index (χ0v) is 13.1. The second-order valence-electron chi connectivity index (χ2n) is 7.35. The molecule has 1 unspecified atom stereocenters. The van der Waals surface area contributed by atoms with E-state index < -0.39 is 5.79 Å². The van der Waals surface area contributed by atoms with E-state index in [0.717, 1.165) is 17.5 Å². The molecule has 3 aliphatic rings. The van der Waals surface area contributed by atoms with Crippen molar-refractivity contribution in [3.8, 4) is 0 Å². The minimum Gasteiger partial charge on any atom is -0.396 e. The van der Waals surface area contributed by atoms with Gasteiger partial charge in [-0.25, -0.2) is 9.97 Å². The molecule has 3 heterocycles. The third-order valence-corrected chi connectivity index (χ3v) is 5.76. The van der Waals surface area contributed by atoms with Crippen molar-refractivity contribution < 1.29 is 14.6 Å². The average Bonchev–Trinajstić information content (AvgIpc) is 2.82. The molecule has 2 saturated carbocycles. The van der Waals surface area contributed by atoms with Crippen LogP contribution in [0.25, 0.3) is 11.0 Å². The molecule has 1 saturated heterocycles. The van der Waals surface area contributed by atoms with Gasteiger partial charge in [0.2, 0.25) is 0 Å². The van der Waals surface area contributed by atoms with E-state index in [1.54, 1.807) is 0 Å². The van der Waals surface area contributed by atoms with Gasteiger partial charge in [0.05, 0.1) is 17.0 Å². The Labute approximate surface area is 133 Å². The number of fused-ring (bicyclic) bond motifs is 4. The molecule has 3 N–H and O–H groups in total. The molecule has 0 bridgehead atoms. The maximum atomic E-state index is 9.86. The van der Waals surface area contributed by atoms with Gasteiger partial charge in [0.15, 0.2) is 5.79 Å². The first kappa shape index (κ1) is 13.7. The fraction of sp³-hybridized carbons (Fsp3) is 0.625. The maximum Gasteiger partial charge on any atom is 0.163 e. The van der Waals surface area contributed by atoms with Crippen LogP contribution in [-0.2, 0) is 15.0 Å². The summed E-state index contributed by atoms with van der Waals surface area (Å²) in [5.74, 6) is 0.295. The summed E-state index contributed by atoms with van der Waals surface area (Å²) >= 11 is 0. The molecular formula is C16H20N4O3. The number of hydrogen-bond acceptors (Lipinski definition) is 6. The quantitative estimate of drug-likeness (QED) is 0.853. The Morgan fingerprint density at radius 2 is 2.22 bits per heavy atom. The van der Waals surface area contributed by atoms with E-state index >= 15 is 0 Å². The number of aliphatic hydroxyl groups excluding tert-OH is 1. The molecule has 2 aliphatic carbocycles. The van der Waals surface area contributed by atoms with Crippen molar-refractivity contribution in [2.24, 2.45) is 11.8 Å². The van der Waals surface area contributed by atoms with Gasteiger partial charge in [-0.3, -0.25) is 0 Å². The molecule has 1 aliphatic heterocycles. The highest BCUT2D eigenvalue weighted by Crippen LogP contribution is 2.68. The van der Waals surface area contributed by atoms with Crippen LogP contribution < -0.4 is 5.73 Å². The first-order valence-corrected chi connectivity index (χ1v) is 8.02. The molecule has 0 aromatic carbocycles. The van der Waals surface area contributed by atoms with Crippen LogP contribution in [0.2, 0.25) is 0 Å². The van der Waals surface area contributed by atoms with E-state index in [4.69, 9.17) is 15.2 Å². The van der Waals surface area contributed by atoms with E-state index in [1.807, 2.05) is 26.1 Å². The van der Waals surface area contributed by atoms with Gasteiger partial charge in [-0.15, -0.1) is 0 Å².